The SMILES string of the molecule is [C-]#[N+]c1cc2c3c(ccc4c5c(-c6ccc(-c7cc8c9c(cc(C#N)c%10c%11ccc%12c%13c(ccc(c7c9%10)c%13%11)C(=O)N(C)C%12=O)C(=O)N(C)C8=O)c7nsnc67)cc6c7c(ccc(c1c34)c75)C(=O)N(C)C6=O)C(=O)N(C)C2=O. The zero-order valence-corrected chi connectivity index (χ0v) is 41.2. The van der Waals surface area contributed by atoms with E-state index in [2.05, 4.69) is 10.9 Å². The second kappa shape index (κ2) is 13.8. The molecule has 0 saturated heterocycles. The van der Waals surface area contributed by atoms with Crippen LogP contribution in [0, 0.1) is 17.9 Å². The lowest BCUT2D eigenvalue weighted by atomic mass is 9.78. The molecule has 0 fully saturated rings. The van der Waals surface area contributed by atoms with Crippen LogP contribution in [-0.4, -0.2) is 104 Å². The summed E-state index contributed by atoms with van der Waals surface area (Å²) in [5.41, 5.74) is 4.91. The Labute approximate surface area is 434 Å². The Morgan fingerprint density at radius 3 is 1.17 bits per heavy atom. The molecule has 0 N–H and O–H groups in total. The van der Waals surface area contributed by atoms with Crippen LogP contribution in [-0.2, 0) is 0 Å². The first-order valence-corrected chi connectivity index (χ1v) is 24.8. The monoisotopic (exact) mass is 1020 g/mol. The molecule has 1 aromatic heterocycles. The topological polar surface area (TPSA) is 203 Å². The van der Waals surface area contributed by atoms with Gasteiger partial charge >= 0.3 is 0 Å². The van der Waals surface area contributed by atoms with E-state index < -0.39 is 47.3 Å². The van der Waals surface area contributed by atoms with Crippen molar-refractivity contribution in [3.05, 3.63) is 146 Å². The quantitative estimate of drug-likeness (QED) is 0.0690. The summed E-state index contributed by atoms with van der Waals surface area (Å²) < 4.78 is 9.87. The van der Waals surface area contributed by atoms with Crippen LogP contribution in [0.15, 0.2) is 84.9 Å². The van der Waals surface area contributed by atoms with Gasteiger partial charge in [-0.1, -0.05) is 36.4 Å². The van der Waals surface area contributed by atoms with Crippen molar-refractivity contribution in [2.24, 2.45) is 0 Å². The Morgan fingerprint density at radius 2 is 0.714 bits per heavy atom. The van der Waals surface area contributed by atoms with Crippen molar-refractivity contribution < 1.29 is 38.4 Å². The second-order valence-electron chi connectivity index (χ2n) is 20.0. The van der Waals surface area contributed by atoms with E-state index in [4.69, 9.17) is 15.3 Å². The van der Waals surface area contributed by atoms with Gasteiger partial charge in [0, 0.05) is 116 Å². The fourth-order valence-corrected chi connectivity index (χ4v) is 13.9. The van der Waals surface area contributed by atoms with Gasteiger partial charge in [-0.25, -0.2) is 4.85 Å². The molecule has 16 nitrogen and oxygen atoms in total. The van der Waals surface area contributed by atoms with E-state index in [1.807, 2.05) is 12.1 Å². The molecule has 12 aromatic rings. The number of imide groups is 4. The molecule has 0 bridgehead atoms. The number of benzene rings is 11. The second-order valence-corrected chi connectivity index (χ2v) is 20.6. The number of fused-ring (bicyclic) bond motifs is 5. The number of nitrogens with zero attached hydrogens (tertiary/aromatic N) is 8. The molecule has 0 spiro atoms. The van der Waals surface area contributed by atoms with Gasteiger partial charge in [0.15, 0.2) is 5.69 Å². The molecule has 0 atom stereocenters. The van der Waals surface area contributed by atoms with E-state index in [0.717, 1.165) is 31.3 Å². The number of aromatic nitrogens is 2. The molecular weight excluding hydrogens is 993 g/mol. The fourth-order valence-electron chi connectivity index (χ4n) is 13.3. The van der Waals surface area contributed by atoms with E-state index in [0.29, 0.717) is 131 Å². The maximum absolute atomic E-state index is 14.5. The third kappa shape index (κ3) is 4.70. The normalized spacial score (nSPS) is 15.4. The Kier molecular flexibility index (Phi) is 7.65. The van der Waals surface area contributed by atoms with Crippen LogP contribution < -0.4 is 0 Å². The standard InChI is InChI=1S/C60H26N8O8S/c1-62-38-19-37-45-31(56(72)67(4)60(37)76)14-10-26-41-32(17-35-44-30(55(71)66(3)58(35)74)15-11-27(48(41)44)47(38)49(26)45)22-6-7-23(52-51(22)63-77-64-52)33-18-36-46-34(57(73)68(5)59(36)75)16-21(20-61)39-24-8-12-28-43-29(54(70)65(2)53(28)69)13-9-25(40(24)43)42(33)50(39)46/h6-19H,2-5H3. The van der Waals surface area contributed by atoms with Gasteiger partial charge in [0.05, 0.1) is 29.9 Å². The molecule has 77 heavy (non-hydrogen) atoms. The van der Waals surface area contributed by atoms with Crippen molar-refractivity contribution in [1.82, 2.24) is 28.3 Å². The number of carbonyl (C=O) groups is 8. The minimum absolute atomic E-state index is 0.144. The average Bonchev–Trinajstić information content (AvgIpc) is 4.04. The van der Waals surface area contributed by atoms with Gasteiger partial charge in [-0.2, -0.15) is 14.0 Å². The van der Waals surface area contributed by atoms with E-state index in [-0.39, 0.29) is 44.6 Å². The molecule has 4 aliphatic rings. The van der Waals surface area contributed by atoms with Crippen LogP contribution >= 0.6 is 11.7 Å². The van der Waals surface area contributed by atoms with Crippen LogP contribution in [0.5, 0.6) is 0 Å². The molecule has 11 aromatic carbocycles. The van der Waals surface area contributed by atoms with E-state index in [1.54, 1.807) is 60.7 Å². The molecule has 0 saturated carbocycles. The summed E-state index contributed by atoms with van der Waals surface area (Å²) in [5, 5.41) is 18.7. The third-order valence-electron chi connectivity index (χ3n) is 16.7. The highest BCUT2D eigenvalue weighted by Crippen LogP contribution is 2.55. The first-order chi connectivity index (χ1) is 37.2. The van der Waals surface area contributed by atoms with Gasteiger partial charge in [0.25, 0.3) is 47.3 Å². The summed E-state index contributed by atoms with van der Waals surface area (Å²) >= 11 is 0.921. The number of rotatable bonds is 2. The first-order valence-electron chi connectivity index (χ1n) is 24.1. The van der Waals surface area contributed by atoms with E-state index in [1.165, 1.54) is 40.3 Å². The molecule has 0 aliphatic carbocycles. The summed E-state index contributed by atoms with van der Waals surface area (Å²) in [6, 6.07) is 26.1. The number of carbonyl (C=O) groups excluding carboxylic acids is 8. The lowest BCUT2D eigenvalue weighted by Gasteiger charge is -2.29. The molecule has 0 unspecified atom stereocenters. The lowest BCUT2D eigenvalue weighted by molar-refractivity contribution is 0.0635. The average molecular weight is 1020 g/mol. The number of nitriles is 1. The fraction of sp³-hybridized carbons (Fsp3) is 0.0667. The predicted octanol–water partition coefficient (Wildman–Crippen LogP) is 10.5. The van der Waals surface area contributed by atoms with Gasteiger partial charge < -0.3 is 0 Å². The van der Waals surface area contributed by atoms with Crippen LogP contribution in [0.3, 0.4) is 0 Å². The minimum Gasteiger partial charge on any atom is -0.278 e. The number of hydrogen-bond acceptors (Lipinski definition) is 12. The van der Waals surface area contributed by atoms with Crippen LogP contribution in [0.2, 0.25) is 0 Å². The number of amides is 8. The Morgan fingerprint density at radius 1 is 0.377 bits per heavy atom. The van der Waals surface area contributed by atoms with Gasteiger partial charge in [-0.15, -0.1) is 0 Å². The van der Waals surface area contributed by atoms with Crippen molar-refractivity contribution in [3.63, 3.8) is 0 Å². The smallest absolute Gasteiger partial charge is 0.261 e. The summed E-state index contributed by atoms with van der Waals surface area (Å²) in [4.78, 5) is 121. The highest BCUT2D eigenvalue weighted by molar-refractivity contribution is 7.00. The molecule has 16 rings (SSSR count). The Balaban J connectivity index is 1.07. The van der Waals surface area contributed by atoms with Gasteiger partial charge in [0.2, 0.25) is 0 Å². The summed E-state index contributed by atoms with van der Waals surface area (Å²) in [6.07, 6.45) is 0. The van der Waals surface area contributed by atoms with Gasteiger partial charge in [-0.05, 0) is 114 Å². The predicted molar refractivity (Wildman–Crippen MR) is 287 cm³/mol. The first kappa shape index (κ1) is 42.8. The molecule has 17 heteroatoms. The van der Waals surface area contributed by atoms with E-state index >= 15 is 0 Å². The van der Waals surface area contributed by atoms with Crippen LogP contribution in [0.1, 0.15) is 88.4 Å². The van der Waals surface area contributed by atoms with Gasteiger partial charge in [-0.3, -0.25) is 58.0 Å². The molecular formula is C60H26N8O8S. The highest BCUT2D eigenvalue weighted by atomic mass is 32.1. The third-order valence-corrected chi connectivity index (χ3v) is 17.2. The molecule has 8 amide bonds. The molecule has 5 heterocycles. The summed E-state index contributed by atoms with van der Waals surface area (Å²) in [5.74, 6) is -4.30. The van der Waals surface area contributed by atoms with Crippen LogP contribution in [0.25, 0.3) is 124 Å². The molecule has 360 valence electrons. The highest BCUT2D eigenvalue weighted by Gasteiger charge is 2.40. The molecule has 0 radical (unpaired) electrons. The summed E-state index contributed by atoms with van der Waals surface area (Å²) in [7, 11) is 5.63. The largest absolute Gasteiger partial charge is 0.278 e. The van der Waals surface area contributed by atoms with Crippen molar-refractivity contribution in [2.45, 2.75) is 0 Å². The van der Waals surface area contributed by atoms with Crippen molar-refractivity contribution in [3.8, 4) is 28.3 Å². The van der Waals surface area contributed by atoms with E-state index in [9.17, 15) is 43.6 Å². The van der Waals surface area contributed by atoms with Crippen molar-refractivity contribution in [1.29, 1.82) is 5.26 Å². The maximum Gasteiger partial charge on any atom is 0.261 e. The van der Waals surface area contributed by atoms with Gasteiger partial charge in [0.1, 0.15) is 11.0 Å². The zero-order valence-electron chi connectivity index (χ0n) is 40.3. The Hall–Kier alpha value is -10.6. The zero-order chi connectivity index (χ0) is 52.8. The lowest BCUT2D eigenvalue weighted by Crippen LogP contribution is -2.37. The van der Waals surface area contributed by atoms with Crippen LogP contribution in [0.4, 0.5) is 5.69 Å². The minimum atomic E-state index is -0.587. The Bertz CT molecular complexity index is 5250. The maximum atomic E-state index is 14.5. The molecule has 4 aliphatic heterocycles. The number of hydrogen-bond donors (Lipinski definition) is 0. The van der Waals surface area contributed by atoms with Crippen molar-refractivity contribution >= 4 is 162 Å². The van der Waals surface area contributed by atoms with Crippen molar-refractivity contribution in [2.75, 3.05) is 28.2 Å². The summed E-state index contributed by atoms with van der Waals surface area (Å²) in [6.45, 7) is 8.42.